The number of nitrogens with two attached hydrogens (primary N) is 2. The molecule has 0 radical (unpaired) electrons. The van der Waals surface area contributed by atoms with Crippen LogP contribution in [0.25, 0.3) is 22.4 Å². The fourth-order valence-corrected chi connectivity index (χ4v) is 4.21. The van der Waals surface area contributed by atoms with E-state index in [1.807, 2.05) is 23.6 Å². The maximum Gasteiger partial charge on any atom is 0.241 e. The molecule has 0 saturated carbocycles. The van der Waals surface area contributed by atoms with Crippen LogP contribution in [0.5, 0.6) is 23.0 Å². The van der Waals surface area contributed by atoms with Crippen molar-refractivity contribution < 1.29 is 28.5 Å². The van der Waals surface area contributed by atoms with Crippen molar-refractivity contribution in [2.24, 2.45) is 11.5 Å². The van der Waals surface area contributed by atoms with E-state index in [4.69, 9.17) is 30.4 Å². The Labute approximate surface area is 219 Å². The second-order valence-electron chi connectivity index (χ2n) is 7.51. The van der Waals surface area contributed by atoms with E-state index in [0.717, 1.165) is 16.7 Å². The molecule has 12 heteroatoms. The molecule has 0 aliphatic carbocycles. The summed E-state index contributed by atoms with van der Waals surface area (Å²) >= 11 is 1.29. The highest BCUT2D eigenvalue weighted by Gasteiger charge is 2.20. The molecule has 0 aliphatic rings. The van der Waals surface area contributed by atoms with Gasteiger partial charge in [0.25, 0.3) is 0 Å². The monoisotopic (exact) mass is 536 g/mol. The molecule has 5 N–H and O–H groups in total. The number of hydrogen-bond acceptors (Lipinski definition) is 9. The molecule has 1 atom stereocenters. The summed E-state index contributed by atoms with van der Waals surface area (Å²) in [7, 11) is 6.15. The van der Waals surface area contributed by atoms with Crippen LogP contribution < -0.4 is 35.7 Å². The zero-order valence-electron chi connectivity index (χ0n) is 20.3. The molecule has 0 spiro atoms. The lowest BCUT2D eigenvalue weighted by Crippen LogP contribution is -2.36. The summed E-state index contributed by atoms with van der Waals surface area (Å²) in [5.74, 6) is 0.994. The van der Waals surface area contributed by atoms with Gasteiger partial charge in [0.2, 0.25) is 17.6 Å². The molecule has 1 aromatic heterocycles. The highest BCUT2D eigenvalue weighted by atomic mass is 35.5. The van der Waals surface area contributed by atoms with Crippen molar-refractivity contribution in [1.82, 2.24) is 4.37 Å². The van der Waals surface area contributed by atoms with Crippen LogP contribution in [0.3, 0.4) is 0 Å². The molecule has 10 nitrogen and oxygen atoms in total. The van der Waals surface area contributed by atoms with Gasteiger partial charge in [0, 0.05) is 22.9 Å². The SMILES string of the molecule is COc1ccc(-c2csnc2-c2cc(OC)c(OC)c(OC)c2)cc1NC(=O)C(N)CCC(N)=O.Cl. The number of ether oxygens (including phenoxy) is 4. The maximum absolute atomic E-state index is 12.6. The minimum atomic E-state index is -0.895. The number of primary amides is 1. The number of methoxy groups -OCH3 is 4. The summed E-state index contributed by atoms with van der Waals surface area (Å²) in [6, 6.07) is 8.15. The molecule has 194 valence electrons. The average Bonchev–Trinajstić information content (AvgIpc) is 3.36. The van der Waals surface area contributed by atoms with Gasteiger partial charge in [-0.25, -0.2) is 0 Å². The number of halogens is 1. The van der Waals surface area contributed by atoms with Crippen molar-refractivity contribution in [3.63, 3.8) is 0 Å². The quantitative estimate of drug-likeness (QED) is 0.337. The Morgan fingerprint density at radius 3 is 2.17 bits per heavy atom. The molecular weight excluding hydrogens is 508 g/mol. The molecule has 3 aromatic rings. The zero-order chi connectivity index (χ0) is 25.5. The highest BCUT2D eigenvalue weighted by Crippen LogP contribution is 2.44. The van der Waals surface area contributed by atoms with Crippen LogP contribution in [0.1, 0.15) is 12.8 Å². The normalized spacial score (nSPS) is 11.1. The minimum Gasteiger partial charge on any atom is -0.495 e. The van der Waals surface area contributed by atoms with E-state index in [2.05, 4.69) is 9.69 Å². The molecular formula is C24H29ClN4O6S. The zero-order valence-corrected chi connectivity index (χ0v) is 22.0. The number of nitrogens with one attached hydrogen (secondary N) is 1. The van der Waals surface area contributed by atoms with Gasteiger partial charge in [0.1, 0.15) is 5.75 Å². The van der Waals surface area contributed by atoms with Gasteiger partial charge in [-0.05, 0) is 47.8 Å². The molecule has 36 heavy (non-hydrogen) atoms. The van der Waals surface area contributed by atoms with E-state index in [0.29, 0.717) is 34.4 Å². The van der Waals surface area contributed by atoms with Gasteiger partial charge in [-0.15, -0.1) is 12.4 Å². The molecule has 2 amide bonds. The summed E-state index contributed by atoms with van der Waals surface area (Å²) in [5.41, 5.74) is 14.6. The Morgan fingerprint density at radius 2 is 1.61 bits per heavy atom. The van der Waals surface area contributed by atoms with Crippen LogP contribution in [0.2, 0.25) is 0 Å². The molecule has 0 saturated heterocycles. The number of rotatable bonds is 11. The molecule has 1 unspecified atom stereocenters. The van der Waals surface area contributed by atoms with E-state index < -0.39 is 17.9 Å². The van der Waals surface area contributed by atoms with Crippen LogP contribution in [-0.2, 0) is 9.59 Å². The number of aromatic nitrogens is 1. The lowest BCUT2D eigenvalue weighted by atomic mass is 10.0. The first-order valence-electron chi connectivity index (χ1n) is 10.6. The first kappa shape index (κ1) is 28.7. The minimum absolute atomic E-state index is 0. The number of hydrogen-bond donors (Lipinski definition) is 3. The molecule has 0 fully saturated rings. The molecule has 3 rings (SSSR count). The van der Waals surface area contributed by atoms with Gasteiger partial charge < -0.3 is 35.7 Å². The van der Waals surface area contributed by atoms with Crippen LogP contribution in [0, 0.1) is 0 Å². The molecule has 0 bridgehead atoms. The van der Waals surface area contributed by atoms with Crippen molar-refractivity contribution in [3.8, 4) is 45.4 Å². The largest absolute Gasteiger partial charge is 0.495 e. The highest BCUT2D eigenvalue weighted by molar-refractivity contribution is 7.04. The van der Waals surface area contributed by atoms with Gasteiger partial charge in [-0.3, -0.25) is 9.59 Å². The lowest BCUT2D eigenvalue weighted by Gasteiger charge is -2.16. The molecule has 1 heterocycles. The number of benzene rings is 2. The lowest BCUT2D eigenvalue weighted by molar-refractivity contribution is -0.119. The summed E-state index contributed by atoms with van der Waals surface area (Å²) in [4.78, 5) is 23.6. The number of anilines is 1. The Hall–Kier alpha value is -3.54. The van der Waals surface area contributed by atoms with E-state index in [1.165, 1.54) is 18.6 Å². The fraction of sp³-hybridized carbons (Fsp3) is 0.292. The third-order valence-corrected chi connectivity index (χ3v) is 5.94. The van der Waals surface area contributed by atoms with Crippen molar-refractivity contribution >= 4 is 41.4 Å². The maximum atomic E-state index is 12.6. The van der Waals surface area contributed by atoms with Gasteiger partial charge in [-0.2, -0.15) is 4.37 Å². The average molecular weight is 537 g/mol. The second-order valence-corrected chi connectivity index (χ2v) is 8.14. The summed E-state index contributed by atoms with van der Waals surface area (Å²) in [6.07, 6.45) is 0.160. The first-order valence-corrected chi connectivity index (χ1v) is 11.4. The molecule has 0 aliphatic heterocycles. The summed E-state index contributed by atoms with van der Waals surface area (Å²) in [6.45, 7) is 0. The van der Waals surface area contributed by atoms with Crippen molar-refractivity contribution in [2.45, 2.75) is 18.9 Å². The first-order chi connectivity index (χ1) is 16.8. The third-order valence-electron chi connectivity index (χ3n) is 5.31. The van der Waals surface area contributed by atoms with Gasteiger partial charge in [0.15, 0.2) is 11.5 Å². The van der Waals surface area contributed by atoms with Crippen molar-refractivity contribution in [2.75, 3.05) is 33.8 Å². The third kappa shape index (κ3) is 6.36. The Balaban J connectivity index is 0.00000456. The fourth-order valence-electron chi connectivity index (χ4n) is 3.50. The second kappa shape index (κ2) is 13.0. The summed E-state index contributed by atoms with van der Waals surface area (Å²) in [5, 5.41) is 4.69. The number of amides is 2. The van der Waals surface area contributed by atoms with Crippen molar-refractivity contribution in [1.29, 1.82) is 0 Å². The smallest absolute Gasteiger partial charge is 0.241 e. The predicted octanol–water partition coefficient (Wildman–Crippen LogP) is 3.46. The van der Waals surface area contributed by atoms with Crippen LogP contribution >= 0.6 is 23.9 Å². The standard InChI is InChI=1S/C24H28N4O6S.ClH/c1-31-18-7-5-13(9-17(18)27-24(30)16(25)6-8-21(26)29)15-12-35-28-22(15)14-10-19(32-2)23(34-4)20(11-14)33-3;/h5,7,9-12,16H,6,8,25H2,1-4H3,(H2,26,29)(H,27,30);1H. The topological polar surface area (TPSA) is 148 Å². The van der Waals surface area contributed by atoms with Crippen LogP contribution in [-0.4, -0.2) is 50.7 Å². The van der Waals surface area contributed by atoms with Crippen molar-refractivity contribution in [3.05, 3.63) is 35.7 Å². The Kier molecular flexibility index (Phi) is 10.3. The molecule has 2 aromatic carbocycles. The van der Waals surface area contributed by atoms with Gasteiger partial charge in [0.05, 0.1) is 45.9 Å². The van der Waals surface area contributed by atoms with Gasteiger partial charge >= 0.3 is 0 Å². The Morgan fingerprint density at radius 1 is 0.972 bits per heavy atom. The van der Waals surface area contributed by atoms with E-state index >= 15 is 0 Å². The number of carbonyl (C=O) groups excluding carboxylic acids is 2. The Bertz CT molecular complexity index is 1190. The number of carbonyl (C=O) groups is 2. The van der Waals surface area contributed by atoms with E-state index in [1.54, 1.807) is 33.5 Å². The van der Waals surface area contributed by atoms with Crippen LogP contribution in [0.15, 0.2) is 35.7 Å². The van der Waals surface area contributed by atoms with Crippen LogP contribution in [0.4, 0.5) is 5.69 Å². The van der Waals surface area contributed by atoms with Gasteiger partial charge in [-0.1, -0.05) is 6.07 Å². The summed E-state index contributed by atoms with van der Waals surface area (Å²) < 4.78 is 26.4. The predicted molar refractivity (Wildman–Crippen MR) is 141 cm³/mol. The number of nitrogens with zero attached hydrogens (tertiary/aromatic N) is 1. The van der Waals surface area contributed by atoms with E-state index in [-0.39, 0.29) is 25.2 Å². The van der Waals surface area contributed by atoms with E-state index in [9.17, 15) is 9.59 Å².